The molecule has 7 nitrogen and oxygen atoms in total. The number of aromatic nitrogens is 3. The van der Waals surface area contributed by atoms with Gasteiger partial charge in [-0.05, 0) is 115 Å². The van der Waals surface area contributed by atoms with Crippen LogP contribution in [0.2, 0.25) is 0 Å². The van der Waals surface area contributed by atoms with Crippen LogP contribution in [0.25, 0.3) is 11.1 Å². The molecule has 2 saturated carbocycles. The van der Waals surface area contributed by atoms with Crippen molar-refractivity contribution >= 4 is 11.6 Å². The quantitative estimate of drug-likeness (QED) is 0.342. The van der Waals surface area contributed by atoms with Gasteiger partial charge in [-0.15, -0.1) is 0 Å². The van der Waals surface area contributed by atoms with Gasteiger partial charge in [0.1, 0.15) is 5.75 Å². The first-order valence-electron chi connectivity index (χ1n) is 15.3. The van der Waals surface area contributed by atoms with E-state index < -0.39 is 0 Å². The lowest BCUT2D eigenvalue weighted by molar-refractivity contribution is -0.124. The van der Waals surface area contributed by atoms with Crippen LogP contribution in [0.5, 0.6) is 5.75 Å². The summed E-state index contributed by atoms with van der Waals surface area (Å²) in [6.07, 6.45) is 10.9. The van der Waals surface area contributed by atoms with Gasteiger partial charge in [-0.3, -0.25) is 14.5 Å². The number of amides is 1. The van der Waals surface area contributed by atoms with Gasteiger partial charge >= 0.3 is 0 Å². The highest BCUT2D eigenvalue weighted by Crippen LogP contribution is 2.38. The summed E-state index contributed by atoms with van der Waals surface area (Å²) in [6.45, 7) is 9.15. The summed E-state index contributed by atoms with van der Waals surface area (Å²) in [6, 6.07) is 12.5. The Balaban J connectivity index is 1.34. The van der Waals surface area contributed by atoms with Gasteiger partial charge in [0.15, 0.2) is 0 Å². The molecule has 3 aromatic rings. The average molecular weight is 559 g/mol. The number of hydrogen-bond acceptors (Lipinski definition) is 5. The second-order valence-electron chi connectivity index (χ2n) is 13.1. The Bertz CT molecular complexity index is 1330. The largest absolute Gasteiger partial charge is 0.495 e. The molecule has 1 aromatic carbocycles. The Morgan fingerprint density at radius 3 is 2.39 bits per heavy atom. The average Bonchev–Trinajstić information content (AvgIpc) is 3.48. The van der Waals surface area contributed by atoms with Gasteiger partial charge in [0, 0.05) is 41.5 Å². The van der Waals surface area contributed by atoms with Crippen LogP contribution in [-0.4, -0.2) is 45.5 Å². The molecule has 2 aromatic heterocycles. The van der Waals surface area contributed by atoms with Crippen molar-refractivity contribution in [1.29, 1.82) is 0 Å². The molecule has 7 heteroatoms. The topological polar surface area (TPSA) is 80.5 Å². The molecule has 5 rings (SSSR count). The molecule has 2 fully saturated rings. The van der Waals surface area contributed by atoms with Gasteiger partial charge < -0.3 is 14.7 Å². The van der Waals surface area contributed by atoms with Crippen molar-refractivity contribution in [2.45, 2.75) is 96.6 Å². The summed E-state index contributed by atoms with van der Waals surface area (Å²) in [5.41, 5.74) is 5.07. The normalized spacial score (nSPS) is 23.3. The first kappa shape index (κ1) is 29.3. The van der Waals surface area contributed by atoms with E-state index >= 15 is 0 Å². The number of aliphatic hydroxyl groups excluding tert-OH is 1. The zero-order valence-electron chi connectivity index (χ0n) is 25.3. The minimum absolute atomic E-state index is 0.0338. The third-order valence-corrected chi connectivity index (χ3v) is 9.06. The number of ether oxygens (including phenoxy) is 1. The fraction of sp³-hybridized carbons (Fsp3) is 0.559. The molecule has 220 valence electrons. The molecule has 2 aliphatic rings. The number of aliphatic hydroxyl groups is 1. The summed E-state index contributed by atoms with van der Waals surface area (Å²) in [5, 5.41) is 14.7. The number of carbonyl (C=O) groups excluding carboxylic acids is 1. The van der Waals surface area contributed by atoms with Gasteiger partial charge in [-0.2, -0.15) is 5.10 Å². The Morgan fingerprint density at radius 1 is 1.02 bits per heavy atom. The SMILES string of the molecule is COc1ccc(C2CCC(CN(C(=O)C3CCC(O)CC3)c3cccc(-c4cnn(C(C)(C)C)c4)c3)CC2)nc1C. The van der Waals surface area contributed by atoms with Gasteiger partial charge in [-0.25, -0.2) is 0 Å². The van der Waals surface area contributed by atoms with Gasteiger partial charge in [0.05, 0.1) is 30.6 Å². The molecule has 0 aliphatic heterocycles. The van der Waals surface area contributed by atoms with E-state index in [1.165, 1.54) is 0 Å². The number of pyridine rings is 1. The second-order valence-corrected chi connectivity index (χ2v) is 13.1. The van der Waals surface area contributed by atoms with Crippen molar-refractivity contribution in [3.05, 3.63) is 60.2 Å². The molecule has 1 amide bonds. The van der Waals surface area contributed by atoms with E-state index in [0.717, 1.165) is 79.0 Å². The fourth-order valence-electron chi connectivity index (χ4n) is 6.47. The molecule has 1 N–H and O–H groups in total. The monoisotopic (exact) mass is 558 g/mol. The van der Waals surface area contributed by atoms with Crippen molar-refractivity contribution < 1.29 is 14.6 Å². The lowest BCUT2D eigenvalue weighted by Gasteiger charge is -2.35. The number of aryl methyl sites for hydroxylation is 1. The Labute approximate surface area is 244 Å². The molecule has 0 atom stereocenters. The van der Waals surface area contributed by atoms with Crippen LogP contribution in [0.4, 0.5) is 5.69 Å². The molecule has 2 aliphatic carbocycles. The first-order chi connectivity index (χ1) is 19.6. The van der Waals surface area contributed by atoms with Crippen molar-refractivity contribution in [2.75, 3.05) is 18.6 Å². The number of methoxy groups -OCH3 is 1. The smallest absolute Gasteiger partial charge is 0.230 e. The summed E-state index contributed by atoms with van der Waals surface area (Å²) in [4.78, 5) is 20.9. The van der Waals surface area contributed by atoms with E-state index in [1.807, 2.05) is 23.9 Å². The van der Waals surface area contributed by atoms with E-state index in [1.54, 1.807) is 7.11 Å². The lowest BCUT2D eigenvalue weighted by atomic mass is 9.79. The van der Waals surface area contributed by atoms with Crippen molar-refractivity contribution in [3.8, 4) is 16.9 Å². The highest BCUT2D eigenvalue weighted by atomic mass is 16.5. The first-order valence-corrected chi connectivity index (χ1v) is 15.3. The predicted molar refractivity (Wildman–Crippen MR) is 163 cm³/mol. The zero-order chi connectivity index (χ0) is 29.1. The summed E-state index contributed by atoms with van der Waals surface area (Å²) in [7, 11) is 1.69. The maximum Gasteiger partial charge on any atom is 0.230 e. The maximum atomic E-state index is 14.1. The van der Waals surface area contributed by atoms with Crippen LogP contribution in [-0.2, 0) is 10.3 Å². The van der Waals surface area contributed by atoms with E-state index in [0.29, 0.717) is 24.7 Å². The number of nitrogens with zero attached hydrogens (tertiary/aromatic N) is 4. The molecule has 0 saturated heterocycles. The second kappa shape index (κ2) is 12.4. The Morgan fingerprint density at radius 2 is 1.76 bits per heavy atom. The molecule has 41 heavy (non-hydrogen) atoms. The molecule has 0 radical (unpaired) electrons. The molecule has 0 bridgehead atoms. The summed E-state index contributed by atoms with van der Waals surface area (Å²) < 4.78 is 7.39. The standard InChI is InChI=1S/C34H46N4O3/c1-23-32(41-5)18-17-31(36-23)25-11-9-24(10-12-25)21-37(33(40)26-13-15-30(39)16-14-26)29-8-6-7-27(19-29)28-20-35-38(22-28)34(2,3)4/h6-8,17-20,22,24-26,30,39H,9-16,21H2,1-5H3. The Kier molecular flexibility index (Phi) is 8.83. The van der Waals surface area contributed by atoms with Gasteiger partial charge in [0.25, 0.3) is 0 Å². The van der Waals surface area contributed by atoms with Crippen LogP contribution in [0.15, 0.2) is 48.8 Å². The Hall–Kier alpha value is -3.19. The molecular weight excluding hydrogens is 512 g/mol. The molecule has 0 unspecified atom stereocenters. The van der Waals surface area contributed by atoms with E-state index in [-0.39, 0.29) is 23.5 Å². The van der Waals surface area contributed by atoms with Crippen molar-refractivity contribution in [3.63, 3.8) is 0 Å². The number of rotatable bonds is 7. The molecular formula is C34H46N4O3. The summed E-state index contributed by atoms with van der Waals surface area (Å²) in [5.74, 6) is 1.89. The number of benzene rings is 1. The van der Waals surface area contributed by atoms with Crippen LogP contribution in [0.1, 0.15) is 89.4 Å². The summed E-state index contributed by atoms with van der Waals surface area (Å²) >= 11 is 0. The van der Waals surface area contributed by atoms with Gasteiger partial charge in [-0.1, -0.05) is 12.1 Å². The van der Waals surface area contributed by atoms with Crippen LogP contribution in [0, 0.1) is 18.8 Å². The molecule has 2 heterocycles. The van der Waals surface area contributed by atoms with Crippen LogP contribution in [0.3, 0.4) is 0 Å². The van der Waals surface area contributed by atoms with E-state index in [2.05, 4.69) is 67.3 Å². The van der Waals surface area contributed by atoms with Crippen LogP contribution < -0.4 is 9.64 Å². The number of anilines is 1. The minimum Gasteiger partial charge on any atom is -0.495 e. The van der Waals surface area contributed by atoms with Crippen molar-refractivity contribution in [1.82, 2.24) is 14.8 Å². The van der Waals surface area contributed by atoms with E-state index in [9.17, 15) is 9.90 Å². The zero-order valence-corrected chi connectivity index (χ0v) is 25.3. The van der Waals surface area contributed by atoms with E-state index in [4.69, 9.17) is 9.72 Å². The third-order valence-electron chi connectivity index (χ3n) is 9.06. The minimum atomic E-state index is -0.277. The lowest BCUT2D eigenvalue weighted by Crippen LogP contribution is -2.41. The molecule has 0 spiro atoms. The number of carbonyl (C=O) groups is 1. The maximum absolute atomic E-state index is 14.1. The predicted octanol–water partition coefficient (Wildman–Crippen LogP) is 6.88. The van der Waals surface area contributed by atoms with Crippen LogP contribution >= 0.6 is 0 Å². The highest BCUT2D eigenvalue weighted by molar-refractivity contribution is 5.95. The van der Waals surface area contributed by atoms with Gasteiger partial charge in [0.2, 0.25) is 5.91 Å². The number of hydrogen-bond donors (Lipinski definition) is 1. The fourth-order valence-corrected chi connectivity index (χ4v) is 6.47. The van der Waals surface area contributed by atoms with Crippen molar-refractivity contribution in [2.24, 2.45) is 11.8 Å². The third kappa shape index (κ3) is 6.83. The highest BCUT2D eigenvalue weighted by Gasteiger charge is 2.32.